The van der Waals surface area contributed by atoms with Gasteiger partial charge in [-0.2, -0.15) is 0 Å². The SMILES string of the molecule is CCN(CC)CCC(=O)SCCCOCO. The maximum absolute atomic E-state index is 11.5. The van der Waals surface area contributed by atoms with Gasteiger partial charge in [-0.15, -0.1) is 0 Å². The van der Waals surface area contributed by atoms with Crippen LogP contribution in [0, 0.1) is 0 Å². The Morgan fingerprint density at radius 3 is 2.62 bits per heavy atom. The third kappa shape index (κ3) is 9.15. The molecule has 0 atom stereocenters. The normalized spacial score (nSPS) is 11.0. The van der Waals surface area contributed by atoms with E-state index in [2.05, 4.69) is 18.7 Å². The van der Waals surface area contributed by atoms with Crippen LogP contribution in [0.1, 0.15) is 26.7 Å². The topological polar surface area (TPSA) is 49.8 Å². The Labute approximate surface area is 102 Å². The number of carbonyl (C=O) groups excluding carboxylic acids is 1. The molecule has 0 aromatic rings. The van der Waals surface area contributed by atoms with E-state index >= 15 is 0 Å². The van der Waals surface area contributed by atoms with Crippen LogP contribution in [-0.2, 0) is 9.53 Å². The smallest absolute Gasteiger partial charge is 0.190 e. The molecule has 0 radical (unpaired) electrons. The molecule has 16 heavy (non-hydrogen) atoms. The lowest BCUT2D eigenvalue weighted by atomic mass is 10.4. The van der Waals surface area contributed by atoms with Gasteiger partial charge in [-0.05, 0) is 19.5 Å². The summed E-state index contributed by atoms with van der Waals surface area (Å²) < 4.78 is 4.77. The number of aliphatic hydroxyl groups excluding tert-OH is 1. The molecule has 0 heterocycles. The van der Waals surface area contributed by atoms with Crippen molar-refractivity contribution in [2.75, 3.05) is 38.8 Å². The van der Waals surface area contributed by atoms with Crippen LogP contribution in [0.2, 0.25) is 0 Å². The zero-order chi connectivity index (χ0) is 12.2. The number of hydrogen-bond donors (Lipinski definition) is 1. The minimum atomic E-state index is -0.236. The second-order valence-electron chi connectivity index (χ2n) is 3.39. The van der Waals surface area contributed by atoms with E-state index in [0.717, 1.165) is 31.8 Å². The van der Waals surface area contributed by atoms with Gasteiger partial charge in [-0.3, -0.25) is 4.79 Å². The third-order valence-corrected chi connectivity index (χ3v) is 3.33. The molecule has 0 bridgehead atoms. The fraction of sp³-hybridized carbons (Fsp3) is 0.909. The number of hydrogen-bond acceptors (Lipinski definition) is 5. The van der Waals surface area contributed by atoms with Crippen LogP contribution in [0.15, 0.2) is 0 Å². The summed E-state index contributed by atoms with van der Waals surface area (Å²) in [6, 6.07) is 0. The molecule has 0 aromatic heterocycles. The van der Waals surface area contributed by atoms with E-state index in [9.17, 15) is 4.79 Å². The predicted octanol–water partition coefficient (Wildman–Crippen LogP) is 1.33. The van der Waals surface area contributed by atoms with Crippen molar-refractivity contribution in [3.8, 4) is 0 Å². The molecule has 4 nitrogen and oxygen atoms in total. The van der Waals surface area contributed by atoms with E-state index in [-0.39, 0.29) is 11.9 Å². The predicted molar refractivity (Wildman–Crippen MR) is 67.5 cm³/mol. The zero-order valence-electron chi connectivity index (χ0n) is 10.3. The van der Waals surface area contributed by atoms with Crippen molar-refractivity contribution in [2.24, 2.45) is 0 Å². The Balaban J connectivity index is 3.37. The molecule has 0 aliphatic heterocycles. The molecule has 0 fully saturated rings. The van der Waals surface area contributed by atoms with Crippen molar-refractivity contribution in [1.29, 1.82) is 0 Å². The largest absolute Gasteiger partial charge is 0.371 e. The maximum atomic E-state index is 11.5. The summed E-state index contributed by atoms with van der Waals surface area (Å²) in [4.78, 5) is 13.7. The summed E-state index contributed by atoms with van der Waals surface area (Å²) in [7, 11) is 0. The highest BCUT2D eigenvalue weighted by molar-refractivity contribution is 8.13. The molecule has 0 spiro atoms. The molecule has 0 saturated heterocycles. The number of ether oxygens (including phenoxy) is 1. The van der Waals surface area contributed by atoms with Crippen molar-refractivity contribution in [2.45, 2.75) is 26.7 Å². The van der Waals surface area contributed by atoms with Gasteiger partial charge in [0.15, 0.2) is 5.12 Å². The van der Waals surface area contributed by atoms with Crippen molar-refractivity contribution < 1.29 is 14.6 Å². The minimum absolute atomic E-state index is 0.236. The minimum Gasteiger partial charge on any atom is -0.371 e. The molecule has 5 heteroatoms. The summed E-state index contributed by atoms with van der Waals surface area (Å²) in [5, 5.41) is 8.62. The summed E-state index contributed by atoms with van der Waals surface area (Å²) in [6.07, 6.45) is 1.43. The van der Waals surface area contributed by atoms with Crippen LogP contribution in [-0.4, -0.2) is 53.9 Å². The van der Waals surface area contributed by atoms with Gasteiger partial charge < -0.3 is 14.7 Å². The van der Waals surface area contributed by atoms with Crippen LogP contribution in [0.5, 0.6) is 0 Å². The Morgan fingerprint density at radius 2 is 2.06 bits per heavy atom. The standard InChI is InChI=1S/C11H23NO3S/c1-3-12(4-2)7-6-11(14)16-9-5-8-15-10-13/h13H,3-10H2,1-2H3. The molecule has 0 unspecified atom stereocenters. The van der Waals surface area contributed by atoms with E-state index in [1.807, 2.05) is 0 Å². The van der Waals surface area contributed by atoms with Crippen LogP contribution in [0.3, 0.4) is 0 Å². The average Bonchev–Trinajstić information content (AvgIpc) is 2.30. The van der Waals surface area contributed by atoms with E-state index < -0.39 is 0 Å². The highest BCUT2D eigenvalue weighted by Crippen LogP contribution is 2.08. The zero-order valence-corrected chi connectivity index (χ0v) is 11.1. The van der Waals surface area contributed by atoms with Gasteiger partial charge in [0.1, 0.15) is 6.79 Å². The Bertz CT molecular complexity index is 175. The summed E-state index contributed by atoms with van der Waals surface area (Å²) in [6.45, 7) is 7.34. The van der Waals surface area contributed by atoms with E-state index in [0.29, 0.717) is 13.0 Å². The molecule has 0 amide bonds. The van der Waals surface area contributed by atoms with Crippen LogP contribution in [0.25, 0.3) is 0 Å². The molecule has 96 valence electrons. The van der Waals surface area contributed by atoms with Gasteiger partial charge in [0.05, 0.1) is 6.61 Å². The van der Waals surface area contributed by atoms with Gasteiger partial charge in [-0.25, -0.2) is 0 Å². The van der Waals surface area contributed by atoms with Crippen LogP contribution < -0.4 is 0 Å². The molecule has 0 rings (SSSR count). The second kappa shape index (κ2) is 11.4. The number of rotatable bonds is 10. The van der Waals surface area contributed by atoms with Crippen molar-refractivity contribution in [3.05, 3.63) is 0 Å². The summed E-state index contributed by atoms with van der Waals surface area (Å²) in [5.41, 5.74) is 0. The maximum Gasteiger partial charge on any atom is 0.190 e. The van der Waals surface area contributed by atoms with Gasteiger partial charge in [0.2, 0.25) is 0 Å². The number of aliphatic hydroxyl groups is 1. The van der Waals surface area contributed by atoms with E-state index in [4.69, 9.17) is 9.84 Å². The first-order valence-corrected chi connectivity index (χ1v) is 6.79. The fourth-order valence-corrected chi connectivity index (χ4v) is 2.00. The molecule has 0 saturated carbocycles. The molecule has 0 aromatic carbocycles. The van der Waals surface area contributed by atoms with Crippen LogP contribution >= 0.6 is 11.8 Å². The molecular formula is C11H23NO3S. The van der Waals surface area contributed by atoms with Gasteiger partial charge in [-0.1, -0.05) is 25.6 Å². The highest BCUT2D eigenvalue weighted by Gasteiger charge is 2.05. The first kappa shape index (κ1) is 15.9. The van der Waals surface area contributed by atoms with E-state index in [1.165, 1.54) is 11.8 Å². The number of nitrogens with zero attached hydrogens (tertiary/aromatic N) is 1. The number of thioether (sulfide) groups is 1. The quantitative estimate of drug-likeness (QED) is 0.467. The Hall–Kier alpha value is -0.100. The molecule has 0 aliphatic rings. The first-order valence-electron chi connectivity index (χ1n) is 5.81. The molecule has 0 aliphatic carbocycles. The lowest BCUT2D eigenvalue weighted by Crippen LogP contribution is -2.25. The highest BCUT2D eigenvalue weighted by atomic mass is 32.2. The summed E-state index contributed by atoms with van der Waals surface area (Å²) >= 11 is 1.36. The van der Waals surface area contributed by atoms with Crippen molar-refractivity contribution in [1.82, 2.24) is 4.90 Å². The molecule has 1 N–H and O–H groups in total. The lowest BCUT2D eigenvalue weighted by molar-refractivity contribution is -0.111. The third-order valence-electron chi connectivity index (χ3n) is 2.31. The average molecular weight is 249 g/mol. The monoisotopic (exact) mass is 249 g/mol. The number of carbonyl (C=O) groups is 1. The summed E-state index contributed by atoms with van der Waals surface area (Å²) in [5.74, 6) is 0.775. The fourth-order valence-electron chi connectivity index (χ4n) is 1.27. The van der Waals surface area contributed by atoms with Gasteiger partial charge >= 0.3 is 0 Å². The molecular weight excluding hydrogens is 226 g/mol. The Kier molecular flexibility index (Phi) is 11.3. The van der Waals surface area contributed by atoms with Crippen molar-refractivity contribution >= 4 is 16.9 Å². The van der Waals surface area contributed by atoms with Gasteiger partial charge in [0, 0.05) is 18.7 Å². The van der Waals surface area contributed by atoms with Crippen molar-refractivity contribution in [3.63, 3.8) is 0 Å². The second-order valence-corrected chi connectivity index (χ2v) is 4.54. The van der Waals surface area contributed by atoms with Crippen LogP contribution in [0.4, 0.5) is 0 Å². The van der Waals surface area contributed by atoms with Gasteiger partial charge in [0.25, 0.3) is 0 Å². The first-order chi connectivity index (χ1) is 7.74. The van der Waals surface area contributed by atoms with E-state index in [1.54, 1.807) is 0 Å². The Morgan fingerprint density at radius 1 is 1.38 bits per heavy atom. The lowest BCUT2D eigenvalue weighted by Gasteiger charge is -2.16.